The molecule has 108 valence electrons. The van der Waals surface area contributed by atoms with Crippen molar-refractivity contribution < 1.29 is 12.8 Å². The fourth-order valence-electron chi connectivity index (χ4n) is 2.06. The molecule has 1 unspecified atom stereocenters. The summed E-state index contributed by atoms with van der Waals surface area (Å²) in [5.41, 5.74) is 0.460. The SMILES string of the molecule is Cl.O=S(=O)(Cc1cccc(F)c1)NCC1CCCN1. The minimum Gasteiger partial charge on any atom is -0.313 e. The maximum atomic E-state index is 12.9. The van der Waals surface area contributed by atoms with Gasteiger partial charge >= 0.3 is 0 Å². The minimum atomic E-state index is -3.40. The molecule has 0 aromatic heterocycles. The summed E-state index contributed by atoms with van der Waals surface area (Å²) in [4.78, 5) is 0. The molecule has 7 heteroatoms. The molecule has 1 fully saturated rings. The molecule has 4 nitrogen and oxygen atoms in total. The summed E-state index contributed by atoms with van der Waals surface area (Å²) >= 11 is 0. The summed E-state index contributed by atoms with van der Waals surface area (Å²) in [5.74, 6) is -0.600. The summed E-state index contributed by atoms with van der Waals surface area (Å²) in [6.07, 6.45) is 2.07. The Morgan fingerprint density at radius 3 is 2.84 bits per heavy atom. The van der Waals surface area contributed by atoms with E-state index in [0.717, 1.165) is 19.4 Å². The number of rotatable bonds is 5. The number of halogens is 2. The van der Waals surface area contributed by atoms with E-state index in [9.17, 15) is 12.8 Å². The van der Waals surface area contributed by atoms with Gasteiger partial charge in [-0.3, -0.25) is 0 Å². The normalized spacial score (nSPS) is 19.1. The molecule has 1 aromatic rings. The van der Waals surface area contributed by atoms with E-state index in [-0.39, 0.29) is 24.2 Å². The number of nitrogens with one attached hydrogen (secondary N) is 2. The van der Waals surface area contributed by atoms with Crippen LogP contribution in [0.4, 0.5) is 4.39 Å². The first-order chi connectivity index (χ1) is 8.55. The van der Waals surface area contributed by atoms with Crippen molar-refractivity contribution in [3.05, 3.63) is 35.6 Å². The first-order valence-corrected chi connectivity index (χ1v) is 7.65. The molecule has 1 aliphatic heterocycles. The van der Waals surface area contributed by atoms with Gasteiger partial charge in [-0.15, -0.1) is 12.4 Å². The fraction of sp³-hybridized carbons (Fsp3) is 0.500. The van der Waals surface area contributed by atoms with E-state index < -0.39 is 15.8 Å². The average molecular weight is 309 g/mol. The Balaban J connectivity index is 0.00000180. The van der Waals surface area contributed by atoms with Gasteiger partial charge in [0, 0.05) is 12.6 Å². The topological polar surface area (TPSA) is 58.2 Å². The molecule has 1 aromatic carbocycles. The van der Waals surface area contributed by atoms with Crippen LogP contribution in [0.1, 0.15) is 18.4 Å². The lowest BCUT2D eigenvalue weighted by molar-refractivity contribution is 0.551. The molecule has 2 N–H and O–H groups in total. The molecule has 2 rings (SSSR count). The molecule has 1 heterocycles. The Kier molecular flexibility index (Phi) is 6.19. The highest BCUT2D eigenvalue weighted by atomic mass is 35.5. The molecule has 0 spiro atoms. The van der Waals surface area contributed by atoms with Crippen molar-refractivity contribution in [3.8, 4) is 0 Å². The van der Waals surface area contributed by atoms with Crippen LogP contribution >= 0.6 is 12.4 Å². The lowest BCUT2D eigenvalue weighted by atomic mass is 10.2. The highest BCUT2D eigenvalue weighted by Crippen LogP contribution is 2.08. The zero-order valence-corrected chi connectivity index (χ0v) is 12.1. The van der Waals surface area contributed by atoms with Crippen molar-refractivity contribution in [1.29, 1.82) is 0 Å². The van der Waals surface area contributed by atoms with E-state index >= 15 is 0 Å². The molecular weight excluding hydrogens is 291 g/mol. The summed E-state index contributed by atoms with van der Waals surface area (Å²) in [6.45, 7) is 1.34. The molecule has 1 saturated heterocycles. The van der Waals surface area contributed by atoms with E-state index in [1.165, 1.54) is 18.2 Å². The first kappa shape index (κ1) is 16.4. The van der Waals surface area contributed by atoms with Crippen molar-refractivity contribution in [2.75, 3.05) is 13.1 Å². The summed E-state index contributed by atoms with van der Waals surface area (Å²) in [6, 6.07) is 5.88. The Morgan fingerprint density at radius 1 is 1.42 bits per heavy atom. The maximum Gasteiger partial charge on any atom is 0.215 e. The zero-order chi connectivity index (χ0) is 13.0. The fourth-order valence-corrected chi connectivity index (χ4v) is 3.23. The Morgan fingerprint density at radius 2 is 2.21 bits per heavy atom. The second-order valence-corrected chi connectivity index (χ2v) is 6.34. The number of benzene rings is 1. The molecule has 0 bridgehead atoms. The smallest absolute Gasteiger partial charge is 0.215 e. The minimum absolute atomic E-state index is 0. The van der Waals surface area contributed by atoms with Crippen LogP contribution in [-0.2, 0) is 15.8 Å². The van der Waals surface area contributed by atoms with Crippen LogP contribution in [0.2, 0.25) is 0 Å². The van der Waals surface area contributed by atoms with Crippen LogP contribution < -0.4 is 10.0 Å². The Hall–Kier alpha value is -0.690. The van der Waals surface area contributed by atoms with Gasteiger partial charge in [0.15, 0.2) is 0 Å². The van der Waals surface area contributed by atoms with Crippen molar-refractivity contribution in [3.63, 3.8) is 0 Å². The van der Waals surface area contributed by atoms with Gasteiger partial charge in [0.05, 0.1) is 5.75 Å². The van der Waals surface area contributed by atoms with Gasteiger partial charge in [0.25, 0.3) is 0 Å². The number of hydrogen-bond acceptors (Lipinski definition) is 3. The van der Waals surface area contributed by atoms with Gasteiger partial charge in [0.2, 0.25) is 10.0 Å². The third-order valence-electron chi connectivity index (χ3n) is 2.96. The predicted octanol–water partition coefficient (Wildman–Crippen LogP) is 1.42. The predicted molar refractivity (Wildman–Crippen MR) is 75.3 cm³/mol. The van der Waals surface area contributed by atoms with Crippen molar-refractivity contribution in [2.45, 2.75) is 24.6 Å². The molecule has 19 heavy (non-hydrogen) atoms. The third kappa shape index (κ3) is 5.44. The van der Waals surface area contributed by atoms with Gasteiger partial charge in [-0.25, -0.2) is 17.5 Å². The Bertz CT molecular complexity index is 504. The molecule has 0 amide bonds. The molecule has 1 aliphatic rings. The molecular formula is C12H18ClFN2O2S. The summed E-state index contributed by atoms with van der Waals surface area (Å²) in [7, 11) is -3.40. The van der Waals surface area contributed by atoms with Crippen molar-refractivity contribution >= 4 is 22.4 Å². The number of hydrogen-bond donors (Lipinski definition) is 2. The lowest BCUT2D eigenvalue weighted by Gasteiger charge is -2.12. The highest BCUT2D eigenvalue weighted by Gasteiger charge is 2.18. The first-order valence-electron chi connectivity index (χ1n) is 6.00. The Labute approximate surface area is 119 Å². The number of sulfonamides is 1. The maximum absolute atomic E-state index is 12.9. The second-order valence-electron chi connectivity index (χ2n) is 4.53. The van der Waals surface area contributed by atoms with Gasteiger partial charge in [-0.05, 0) is 37.1 Å². The molecule has 0 radical (unpaired) electrons. The van der Waals surface area contributed by atoms with Crippen LogP contribution in [0.25, 0.3) is 0 Å². The quantitative estimate of drug-likeness (QED) is 0.865. The van der Waals surface area contributed by atoms with E-state index in [4.69, 9.17) is 0 Å². The van der Waals surface area contributed by atoms with Gasteiger partial charge in [-0.1, -0.05) is 12.1 Å². The van der Waals surface area contributed by atoms with Gasteiger partial charge in [0.1, 0.15) is 5.82 Å². The van der Waals surface area contributed by atoms with Crippen molar-refractivity contribution in [1.82, 2.24) is 10.0 Å². The van der Waals surface area contributed by atoms with Crippen LogP contribution in [0.3, 0.4) is 0 Å². The van der Waals surface area contributed by atoms with E-state index in [1.54, 1.807) is 6.07 Å². The van der Waals surface area contributed by atoms with Gasteiger partial charge in [-0.2, -0.15) is 0 Å². The molecule has 0 aliphatic carbocycles. The molecule has 0 saturated carbocycles. The van der Waals surface area contributed by atoms with Crippen LogP contribution in [0.15, 0.2) is 24.3 Å². The second kappa shape index (κ2) is 7.19. The average Bonchev–Trinajstić information content (AvgIpc) is 2.78. The largest absolute Gasteiger partial charge is 0.313 e. The van der Waals surface area contributed by atoms with E-state index in [1.807, 2.05) is 0 Å². The molecule has 1 atom stereocenters. The summed E-state index contributed by atoms with van der Waals surface area (Å²) in [5, 5.41) is 3.22. The van der Waals surface area contributed by atoms with Gasteiger partial charge < -0.3 is 5.32 Å². The summed E-state index contributed by atoms with van der Waals surface area (Å²) < 4.78 is 39.1. The lowest BCUT2D eigenvalue weighted by Crippen LogP contribution is -2.37. The zero-order valence-electron chi connectivity index (χ0n) is 10.4. The van der Waals surface area contributed by atoms with E-state index in [2.05, 4.69) is 10.0 Å². The monoisotopic (exact) mass is 308 g/mol. The van der Waals surface area contributed by atoms with E-state index in [0.29, 0.717) is 12.1 Å². The highest BCUT2D eigenvalue weighted by molar-refractivity contribution is 7.88. The standard InChI is InChI=1S/C12H17FN2O2S.ClH/c13-11-4-1-3-10(7-11)9-18(16,17)15-8-12-5-2-6-14-12;/h1,3-4,7,12,14-15H,2,5-6,8-9H2;1H. The van der Waals surface area contributed by atoms with Crippen LogP contribution in [0, 0.1) is 5.82 Å². The van der Waals surface area contributed by atoms with Crippen molar-refractivity contribution in [2.24, 2.45) is 0 Å². The van der Waals surface area contributed by atoms with Crippen LogP contribution in [-0.4, -0.2) is 27.5 Å². The third-order valence-corrected chi connectivity index (χ3v) is 4.28. The van der Waals surface area contributed by atoms with Crippen LogP contribution in [0.5, 0.6) is 0 Å².